The monoisotopic (exact) mass is 367 g/mol. The van der Waals surface area contributed by atoms with Gasteiger partial charge >= 0.3 is 12.6 Å². The molecule has 0 fully saturated rings. The predicted octanol–water partition coefficient (Wildman–Crippen LogP) is 4.34. The number of hydrogen-bond donors (Lipinski definition) is 2. The highest BCUT2D eigenvalue weighted by atomic mass is 32.1. The summed E-state index contributed by atoms with van der Waals surface area (Å²) in [6.07, 6.45) is 5.46. The van der Waals surface area contributed by atoms with Crippen molar-refractivity contribution in [3.05, 3.63) is 40.4 Å². The summed E-state index contributed by atoms with van der Waals surface area (Å²) in [5.41, 5.74) is 1.56. The fraction of sp³-hybridized carbons (Fsp3) is 0.412. The first-order valence-electron chi connectivity index (χ1n) is 8.18. The average molecular weight is 367 g/mol. The van der Waals surface area contributed by atoms with Gasteiger partial charge in [-0.3, -0.25) is 5.32 Å². The van der Waals surface area contributed by atoms with Crippen LogP contribution < -0.4 is 15.4 Å². The number of nitrogens with one attached hydrogen (secondary N) is 2. The van der Waals surface area contributed by atoms with Gasteiger partial charge in [0.25, 0.3) is 0 Å². The van der Waals surface area contributed by atoms with Gasteiger partial charge in [-0.15, -0.1) is 11.3 Å². The van der Waals surface area contributed by atoms with Crippen molar-refractivity contribution in [2.45, 2.75) is 45.3 Å². The molecule has 1 aromatic heterocycles. The zero-order valence-electron chi connectivity index (χ0n) is 13.6. The number of fused-ring (bicyclic) bond motifs is 1. The Labute approximate surface area is 148 Å². The number of amides is 2. The van der Waals surface area contributed by atoms with E-state index in [1.54, 1.807) is 18.2 Å². The van der Waals surface area contributed by atoms with Gasteiger partial charge in [-0.1, -0.05) is 24.6 Å². The first-order chi connectivity index (χ1) is 12.1. The highest BCUT2D eigenvalue weighted by Gasteiger charge is 2.16. The summed E-state index contributed by atoms with van der Waals surface area (Å²) in [7, 11) is 0. The van der Waals surface area contributed by atoms with Crippen LogP contribution in [0, 0.1) is 0 Å². The van der Waals surface area contributed by atoms with Gasteiger partial charge in [-0.2, -0.15) is 8.78 Å². The number of rotatable bonds is 5. The molecule has 25 heavy (non-hydrogen) atoms. The molecule has 1 aromatic carbocycles. The molecule has 2 amide bonds. The molecule has 0 aliphatic heterocycles. The minimum absolute atomic E-state index is 0.0544. The normalized spacial score (nSPS) is 13.9. The topological polar surface area (TPSA) is 63.2 Å². The second kappa shape index (κ2) is 8.24. The average Bonchev–Trinajstić information content (AvgIpc) is 2.82. The van der Waals surface area contributed by atoms with E-state index in [4.69, 9.17) is 0 Å². The van der Waals surface area contributed by atoms with E-state index in [1.807, 2.05) is 0 Å². The largest absolute Gasteiger partial charge is 0.434 e. The van der Waals surface area contributed by atoms with Crippen LogP contribution in [0.1, 0.15) is 35.4 Å². The van der Waals surface area contributed by atoms with Crippen molar-refractivity contribution in [1.29, 1.82) is 0 Å². The molecule has 1 aliphatic carbocycles. The first-order valence-corrected chi connectivity index (χ1v) is 8.99. The van der Waals surface area contributed by atoms with E-state index in [9.17, 15) is 13.6 Å². The summed E-state index contributed by atoms with van der Waals surface area (Å²) < 4.78 is 29.2. The number of benzene rings is 1. The third kappa shape index (κ3) is 4.88. The predicted molar refractivity (Wildman–Crippen MR) is 92.3 cm³/mol. The summed E-state index contributed by atoms with van der Waals surface area (Å²) in [6, 6.07) is 5.95. The Hall–Kier alpha value is -2.22. The number of anilines is 1. The lowest BCUT2D eigenvalue weighted by molar-refractivity contribution is -0.0504. The molecule has 0 saturated carbocycles. The number of aryl methyl sites for hydroxylation is 2. The molecule has 1 heterocycles. The molecular formula is C17H19F2N3O2S. The minimum Gasteiger partial charge on any atom is -0.434 e. The maximum absolute atomic E-state index is 12.4. The molecule has 0 atom stereocenters. The zero-order valence-corrected chi connectivity index (χ0v) is 14.4. The molecule has 2 aromatic rings. The van der Waals surface area contributed by atoms with E-state index in [-0.39, 0.29) is 12.3 Å². The van der Waals surface area contributed by atoms with Crippen molar-refractivity contribution in [2.24, 2.45) is 0 Å². The number of halogens is 2. The van der Waals surface area contributed by atoms with Crippen molar-refractivity contribution in [1.82, 2.24) is 10.3 Å². The molecule has 0 radical (unpaired) electrons. The molecule has 0 spiro atoms. The van der Waals surface area contributed by atoms with Crippen LogP contribution in [0.4, 0.5) is 18.7 Å². The second-order valence-electron chi connectivity index (χ2n) is 5.74. The molecule has 8 heteroatoms. The van der Waals surface area contributed by atoms with Crippen LogP contribution in [0.2, 0.25) is 0 Å². The molecule has 0 bridgehead atoms. The lowest BCUT2D eigenvalue weighted by Crippen LogP contribution is -2.28. The number of urea groups is 1. The number of aromatic nitrogens is 1. The van der Waals surface area contributed by atoms with Gasteiger partial charge < -0.3 is 10.1 Å². The Kier molecular flexibility index (Phi) is 5.80. The van der Waals surface area contributed by atoms with Crippen LogP contribution in [0.3, 0.4) is 0 Å². The second-order valence-corrected chi connectivity index (χ2v) is 6.83. The van der Waals surface area contributed by atoms with Crippen molar-refractivity contribution in [2.75, 3.05) is 5.32 Å². The molecule has 5 nitrogen and oxygen atoms in total. The molecule has 134 valence electrons. The molecule has 2 N–H and O–H groups in total. The van der Waals surface area contributed by atoms with E-state index in [2.05, 4.69) is 20.4 Å². The SMILES string of the molecule is O=C(NCc1ccccc1OC(F)F)Nc1nc2c(s1)CCCCC2. The lowest BCUT2D eigenvalue weighted by atomic mass is 10.2. The zero-order chi connectivity index (χ0) is 17.6. The molecule has 0 unspecified atom stereocenters. The maximum atomic E-state index is 12.4. The number of nitrogens with zero attached hydrogens (tertiary/aromatic N) is 1. The van der Waals surface area contributed by atoms with Gasteiger partial charge in [0.15, 0.2) is 5.13 Å². The van der Waals surface area contributed by atoms with Gasteiger partial charge in [-0.05, 0) is 31.7 Å². The Morgan fingerprint density at radius 1 is 1.24 bits per heavy atom. The van der Waals surface area contributed by atoms with Gasteiger partial charge in [0.2, 0.25) is 0 Å². The number of alkyl halides is 2. The molecule has 0 saturated heterocycles. The number of para-hydroxylation sites is 1. The van der Waals surface area contributed by atoms with Gasteiger partial charge in [0, 0.05) is 17.0 Å². The molecule has 3 rings (SSSR count). The number of ether oxygens (including phenoxy) is 1. The van der Waals surface area contributed by atoms with E-state index in [0.29, 0.717) is 10.7 Å². The summed E-state index contributed by atoms with van der Waals surface area (Å²) in [5, 5.41) is 5.93. The highest BCUT2D eigenvalue weighted by Crippen LogP contribution is 2.28. The quantitative estimate of drug-likeness (QED) is 0.773. The fourth-order valence-electron chi connectivity index (χ4n) is 2.76. The summed E-state index contributed by atoms with van der Waals surface area (Å²) in [5.74, 6) is 0.0544. The molecular weight excluding hydrogens is 348 g/mol. The van der Waals surface area contributed by atoms with Gasteiger partial charge in [0.05, 0.1) is 5.69 Å². The lowest BCUT2D eigenvalue weighted by Gasteiger charge is -2.11. The van der Waals surface area contributed by atoms with Crippen LogP contribution in [0.25, 0.3) is 0 Å². The van der Waals surface area contributed by atoms with E-state index in [1.165, 1.54) is 28.7 Å². The van der Waals surface area contributed by atoms with E-state index >= 15 is 0 Å². The van der Waals surface area contributed by atoms with Crippen molar-refractivity contribution in [3.63, 3.8) is 0 Å². The van der Waals surface area contributed by atoms with Crippen LogP contribution in [0.5, 0.6) is 5.75 Å². The highest BCUT2D eigenvalue weighted by molar-refractivity contribution is 7.15. The molecule has 1 aliphatic rings. The van der Waals surface area contributed by atoms with E-state index < -0.39 is 12.6 Å². The van der Waals surface area contributed by atoms with Crippen LogP contribution in [0.15, 0.2) is 24.3 Å². The number of hydrogen-bond acceptors (Lipinski definition) is 4. The first kappa shape index (κ1) is 17.6. The third-order valence-corrected chi connectivity index (χ3v) is 5.02. The summed E-state index contributed by atoms with van der Waals surface area (Å²) >= 11 is 1.50. The van der Waals surface area contributed by atoms with Gasteiger partial charge in [0.1, 0.15) is 5.75 Å². The number of thiazole rings is 1. The fourth-order valence-corrected chi connectivity index (χ4v) is 3.80. The van der Waals surface area contributed by atoms with Gasteiger partial charge in [-0.25, -0.2) is 9.78 Å². The summed E-state index contributed by atoms with van der Waals surface area (Å²) in [4.78, 5) is 17.8. The summed E-state index contributed by atoms with van der Waals surface area (Å²) in [6.45, 7) is -2.82. The Bertz CT molecular complexity index is 713. The Balaban J connectivity index is 1.57. The minimum atomic E-state index is -2.90. The van der Waals surface area contributed by atoms with Crippen LogP contribution >= 0.6 is 11.3 Å². The standard InChI is InChI=1S/C17H19F2N3O2S/c18-15(19)24-13-8-5-4-6-11(13)10-20-16(23)22-17-21-12-7-2-1-3-9-14(12)25-17/h4-6,8,15H,1-3,7,9-10H2,(H2,20,21,22,23). The van der Waals surface area contributed by atoms with Crippen molar-refractivity contribution < 1.29 is 18.3 Å². The van der Waals surface area contributed by atoms with Crippen LogP contribution in [-0.4, -0.2) is 17.6 Å². The maximum Gasteiger partial charge on any atom is 0.387 e. The number of carbonyl (C=O) groups is 1. The van der Waals surface area contributed by atoms with Crippen molar-refractivity contribution in [3.8, 4) is 5.75 Å². The third-order valence-electron chi connectivity index (χ3n) is 3.94. The smallest absolute Gasteiger partial charge is 0.387 e. The Morgan fingerprint density at radius 2 is 2.04 bits per heavy atom. The van der Waals surface area contributed by atoms with E-state index in [0.717, 1.165) is 31.4 Å². The van der Waals surface area contributed by atoms with Crippen LogP contribution in [-0.2, 0) is 19.4 Å². The number of carbonyl (C=O) groups excluding carboxylic acids is 1. The Morgan fingerprint density at radius 3 is 2.88 bits per heavy atom. The van der Waals surface area contributed by atoms with Crippen molar-refractivity contribution >= 4 is 22.5 Å².